The third-order valence-electron chi connectivity index (χ3n) is 5.13. The van der Waals surface area contributed by atoms with Crippen LogP contribution in [0.2, 0.25) is 0 Å². The van der Waals surface area contributed by atoms with Gasteiger partial charge in [-0.15, -0.1) is 0 Å². The Morgan fingerprint density at radius 3 is 2.21 bits per heavy atom. The summed E-state index contributed by atoms with van der Waals surface area (Å²) < 4.78 is 0. The normalized spacial score (nSPS) is 28.5. The third-order valence-corrected chi connectivity index (χ3v) is 5.13. The van der Waals surface area contributed by atoms with Crippen LogP contribution >= 0.6 is 0 Å². The van der Waals surface area contributed by atoms with Crippen LogP contribution in [-0.2, 0) is 5.54 Å². The number of nitrogens with one attached hydrogen (secondary N) is 1. The number of hydrogen-bond donors (Lipinski definition) is 2. The molecule has 0 spiro atoms. The van der Waals surface area contributed by atoms with E-state index in [1.54, 1.807) is 7.05 Å². The first-order valence-electron chi connectivity index (χ1n) is 8.56. The second kappa shape index (κ2) is 6.37. The average molecular weight is 333 g/mol. The van der Waals surface area contributed by atoms with Crippen molar-refractivity contribution in [3.63, 3.8) is 0 Å². The molecule has 2 rings (SSSR count). The summed E-state index contributed by atoms with van der Waals surface area (Å²) in [5.74, 6) is 0.0296. The topological polar surface area (TPSA) is 55.8 Å². The molecule has 0 bridgehead atoms. The van der Waals surface area contributed by atoms with Gasteiger partial charge in [0.25, 0.3) is 0 Å². The van der Waals surface area contributed by atoms with E-state index in [-0.39, 0.29) is 23.5 Å². The molecular formula is C19H31N3O2. The van der Waals surface area contributed by atoms with Crippen molar-refractivity contribution in [2.45, 2.75) is 52.6 Å². The van der Waals surface area contributed by atoms with Gasteiger partial charge in [0.2, 0.25) is 0 Å². The van der Waals surface area contributed by atoms with Gasteiger partial charge in [-0.05, 0) is 23.9 Å². The highest BCUT2D eigenvalue weighted by Gasteiger charge is 2.62. The molecule has 1 fully saturated rings. The molecule has 0 saturated carbocycles. The summed E-state index contributed by atoms with van der Waals surface area (Å²) >= 11 is 0. The molecule has 2 amide bonds. The Balaban J connectivity index is 2.77. The molecular weight excluding hydrogens is 302 g/mol. The van der Waals surface area contributed by atoms with Gasteiger partial charge in [0.05, 0.1) is 6.17 Å². The summed E-state index contributed by atoms with van der Waals surface area (Å²) in [5, 5.41) is 14.1. The quantitative estimate of drug-likeness (QED) is 0.875. The van der Waals surface area contributed by atoms with E-state index in [0.717, 1.165) is 5.56 Å². The summed E-state index contributed by atoms with van der Waals surface area (Å²) in [6, 6.07) is 9.69. The average Bonchev–Trinajstić information content (AvgIpc) is 2.76. The number of carbonyl (C=O) groups is 1. The highest BCUT2D eigenvalue weighted by atomic mass is 16.3. The van der Waals surface area contributed by atoms with Crippen LogP contribution < -0.4 is 5.32 Å². The lowest BCUT2D eigenvalue weighted by Crippen LogP contribution is -2.59. The Hall–Kier alpha value is -1.59. The van der Waals surface area contributed by atoms with E-state index in [0.29, 0.717) is 0 Å². The monoisotopic (exact) mass is 333 g/mol. The van der Waals surface area contributed by atoms with Gasteiger partial charge >= 0.3 is 6.03 Å². The summed E-state index contributed by atoms with van der Waals surface area (Å²) in [6.45, 7) is 10.4. The predicted octanol–water partition coefficient (Wildman–Crippen LogP) is 2.82. The maximum atomic E-state index is 12.9. The molecule has 1 aromatic carbocycles. The number of rotatable bonds is 2. The van der Waals surface area contributed by atoms with Crippen molar-refractivity contribution in [3.8, 4) is 0 Å². The molecule has 1 aliphatic rings. The van der Waals surface area contributed by atoms with Crippen LogP contribution in [-0.4, -0.2) is 47.4 Å². The Morgan fingerprint density at radius 2 is 1.79 bits per heavy atom. The molecule has 5 nitrogen and oxygen atoms in total. The largest absolute Gasteiger partial charge is 0.375 e. The van der Waals surface area contributed by atoms with Crippen molar-refractivity contribution < 1.29 is 9.90 Å². The van der Waals surface area contributed by atoms with Crippen molar-refractivity contribution in [3.05, 3.63) is 35.9 Å². The van der Waals surface area contributed by atoms with Crippen LogP contribution in [0, 0.1) is 11.3 Å². The van der Waals surface area contributed by atoms with E-state index >= 15 is 0 Å². The molecule has 1 heterocycles. The van der Waals surface area contributed by atoms with E-state index in [4.69, 9.17) is 0 Å². The van der Waals surface area contributed by atoms with E-state index in [9.17, 15) is 9.90 Å². The molecule has 3 atom stereocenters. The number of aliphatic hydroxyl groups excluding tert-OH is 1. The summed E-state index contributed by atoms with van der Waals surface area (Å²) in [4.78, 5) is 16.7. The molecule has 0 radical (unpaired) electrons. The maximum Gasteiger partial charge on any atom is 0.319 e. The van der Waals surface area contributed by atoms with Crippen LogP contribution in [0.5, 0.6) is 0 Å². The minimum absolute atomic E-state index is 0.0296. The Morgan fingerprint density at radius 1 is 1.25 bits per heavy atom. The zero-order valence-corrected chi connectivity index (χ0v) is 15.9. The number of hydrogen-bond acceptors (Lipinski definition) is 3. The lowest BCUT2D eigenvalue weighted by atomic mass is 9.77. The third kappa shape index (κ3) is 2.60. The van der Waals surface area contributed by atoms with Gasteiger partial charge < -0.3 is 10.4 Å². The number of likely N-dealkylation sites (N-methyl/N-ethyl adjacent to an activating group) is 1. The molecule has 134 valence electrons. The summed E-state index contributed by atoms with van der Waals surface area (Å²) in [6.07, 6.45) is -1.02. The number of benzene rings is 1. The van der Waals surface area contributed by atoms with Gasteiger partial charge in [0.1, 0.15) is 11.8 Å². The second-order valence-electron chi connectivity index (χ2n) is 8.05. The van der Waals surface area contributed by atoms with Gasteiger partial charge in [-0.25, -0.2) is 4.79 Å². The van der Waals surface area contributed by atoms with Crippen molar-refractivity contribution in [1.82, 2.24) is 15.1 Å². The lowest BCUT2D eigenvalue weighted by molar-refractivity contribution is -0.0370. The Labute approximate surface area is 145 Å². The predicted molar refractivity (Wildman–Crippen MR) is 96.3 cm³/mol. The summed E-state index contributed by atoms with van der Waals surface area (Å²) in [5.41, 5.74) is -0.0727. The van der Waals surface area contributed by atoms with E-state index in [1.165, 1.54) is 0 Å². The van der Waals surface area contributed by atoms with Gasteiger partial charge in [-0.3, -0.25) is 9.80 Å². The standard InChI is InChI=1S/C19H31N3O2/c1-13(2)19(14-11-9-8-10-12-14)16(23)21(7)15(18(3,4)5)22(19)17(24)20-6/h8-13,15-16,23H,1-7H3,(H,20,24). The zero-order chi connectivity index (χ0) is 18.3. The van der Waals surface area contributed by atoms with Gasteiger partial charge in [0, 0.05) is 7.05 Å². The van der Waals surface area contributed by atoms with Crippen molar-refractivity contribution in [1.29, 1.82) is 0 Å². The molecule has 1 aliphatic heterocycles. The van der Waals surface area contributed by atoms with Gasteiger partial charge in [0.15, 0.2) is 0 Å². The second-order valence-corrected chi connectivity index (χ2v) is 8.05. The van der Waals surface area contributed by atoms with Crippen molar-refractivity contribution >= 4 is 6.03 Å². The van der Waals surface area contributed by atoms with E-state index in [1.807, 2.05) is 47.2 Å². The lowest BCUT2D eigenvalue weighted by Gasteiger charge is -2.46. The number of carbonyl (C=O) groups excluding carboxylic acids is 1. The fourth-order valence-corrected chi connectivity index (χ4v) is 4.25. The van der Waals surface area contributed by atoms with E-state index in [2.05, 4.69) is 39.9 Å². The smallest absolute Gasteiger partial charge is 0.319 e. The minimum atomic E-state index is -0.811. The molecule has 5 heteroatoms. The van der Waals surface area contributed by atoms with E-state index < -0.39 is 11.8 Å². The summed E-state index contributed by atoms with van der Waals surface area (Å²) in [7, 11) is 3.53. The molecule has 3 unspecified atom stereocenters. The number of nitrogens with zero attached hydrogens (tertiary/aromatic N) is 2. The van der Waals surface area contributed by atoms with Crippen molar-refractivity contribution in [2.24, 2.45) is 11.3 Å². The highest BCUT2D eigenvalue weighted by molar-refractivity contribution is 5.76. The first-order valence-corrected chi connectivity index (χ1v) is 8.56. The highest BCUT2D eigenvalue weighted by Crippen LogP contribution is 2.50. The Bertz CT molecular complexity index is 582. The zero-order valence-electron chi connectivity index (χ0n) is 15.9. The molecule has 0 aromatic heterocycles. The fourth-order valence-electron chi connectivity index (χ4n) is 4.25. The van der Waals surface area contributed by atoms with Crippen LogP contribution in [0.4, 0.5) is 4.79 Å². The molecule has 0 aliphatic carbocycles. The van der Waals surface area contributed by atoms with Crippen LogP contribution in [0.25, 0.3) is 0 Å². The fraction of sp³-hybridized carbons (Fsp3) is 0.632. The molecule has 2 N–H and O–H groups in total. The number of amides is 2. The van der Waals surface area contributed by atoms with Gasteiger partial charge in [-0.1, -0.05) is 65.0 Å². The van der Waals surface area contributed by atoms with Crippen LogP contribution in [0.15, 0.2) is 30.3 Å². The minimum Gasteiger partial charge on any atom is -0.375 e. The number of urea groups is 1. The SMILES string of the molecule is CNC(=O)N1C(C(C)(C)C)N(C)C(O)C1(c1ccccc1)C(C)C. The van der Waals surface area contributed by atoms with Crippen LogP contribution in [0.3, 0.4) is 0 Å². The van der Waals surface area contributed by atoms with Crippen LogP contribution in [0.1, 0.15) is 40.2 Å². The first-order chi connectivity index (χ1) is 11.1. The number of aliphatic hydroxyl groups is 1. The molecule has 1 aromatic rings. The molecule has 24 heavy (non-hydrogen) atoms. The first kappa shape index (κ1) is 18.7. The Kier molecular flexibility index (Phi) is 4.98. The van der Waals surface area contributed by atoms with Gasteiger partial charge in [-0.2, -0.15) is 0 Å². The van der Waals surface area contributed by atoms with Crippen molar-refractivity contribution in [2.75, 3.05) is 14.1 Å². The maximum absolute atomic E-state index is 12.9. The molecule has 1 saturated heterocycles.